The molecule has 0 aliphatic carbocycles. The van der Waals surface area contributed by atoms with Crippen LogP contribution in [0, 0.1) is 5.92 Å². The fourth-order valence-electron chi connectivity index (χ4n) is 4.47. The minimum Gasteiger partial charge on any atom is -0.353 e. The number of imide groups is 1. The van der Waals surface area contributed by atoms with Crippen molar-refractivity contribution in [2.45, 2.75) is 18.3 Å². The first-order chi connectivity index (χ1) is 12.6. The number of likely N-dealkylation sites (tertiary alicyclic amines) is 1. The van der Waals surface area contributed by atoms with Crippen molar-refractivity contribution < 1.29 is 14.4 Å². The second kappa shape index (κ2) is 5.40. The monoisotopic (exact) mass is 349 g/mol. The number of hydroxylamine groups is 2. The van der Waals surface area contributed by atoms with Gasteiger partial charge in [-0.1, -0.05) is 48.5 Å². The van der Waals surface area contributed by atoms with Crippen molar-refractivity contribution in [3.8, 4) is 0 Å². The molecule has 2 aromatic rings. The van der Waals surface area contributed by atoms with Crippen LogP contribution in [0.15, 0.2) is 54.6 Å². The summed E-state index contributed by atoms with van der Waals surface area (Å²) in [4.78, 5) is 34.7. The molecule has 3 aliphatic heterocycles. The Hall–Kier alpha value is -2.70. The molecule has 2 saturated heterocycles. The topological polar surface area (TPSA) is 53.1 Å². The summed E-state index contributed by atoms with van der Waals surface area (Å²) in [5.41, 5.74) is 3.13. The maximum Gasteiger partial charge on any atom is 0.261 e. The summed E-state index contributed by atoms with van der Waals surface area (Å²) in [6, 6.07) is 17.8. The highest BCUT2D eigenvalue weighted by Crippen LogP contribution is 2.54. The molecule has 0 bridgehead atoms. The molecule has 4 atom stereocenters. The largest absolute Gasteiger partial charge is 0.353 e. The molecule has 0 saturated carbocycles. The molecular weight excluding hydrogens is 330 g/mol. The van der Waals surface area contributed by atoms with Crippen molar-refractivity contribution >= 4 is 17.5 Å². The van der Waals surface area contributed by atoms with Gasteiger partial charge in [0, 0.05) is 19.8 Å². The third-order valence-corrected chi connectivity index (χ3v) is 5.71. The number of rotatable bonds is 1. The molecule has 6 nitrogen and oxygen atoms in total. The molecular formula is C20H19N3O3. The summed E-state index contributed by atoms with van der Waals surface area (Å²) in [5.74, 6) is -0.937. The highest BCUT2D eigenvalue weighted by Gasteiger charge is 2.62. The second-order valence-corrected chi connectivity index (χ2v) is 7.05. The average Bonchev–Trinajstić information content (AvgIpc) is 3.15. The van der Waals surface area contributed by atoms with Crippen LogP contribution in [0.1, 0.15) is 23.3 Å². The average molecular weight is 349 g/mol. The third-order valence-electron chi connectivity index (χ3n) is 5.71. The van der Waals surface area contributed by atoms with Crippen LogP contribution in [0.5, 0.6) is 0 Å². The van der Waals surface area contributed by atoms with Gasteiger partial charge in [-0.3, -0.25) is 19.3 Å². The molecule has 2 amide bonds. The van der Waals surface area contributed by atoms with Crippen LogP contribution in [0.2, 0.25) is 0 Å². The number of anilines is 1. The van der Waals surface area contributed by atoms with Gasteiger partial charge in [-0.15, -0.1) is 0 Å². The van der Waals surface area contributed by atoms with Crippen LogP contribution in [0.25, 0.3) is 0 Å². The molecule has 6 heteroatoms. The zero-order valence-electron chi connectivity index (χ0n) is 14.6. The Kier molecular flexibility index (Phi) is 3.23. The molecule has 2 fully saturated rings. The standard InChI is InChI=1S/C20H19N3O3/c1-21-14-11-7-6-10-13(14)16-15-17(20(25)22(2)19(15)24)26-23(16)18(21)12-8-4-3-5-9-12/h3-11,15-18H,1-2H3/t15-,16+,17+,18-/m1/s1. The van der Waals surface area contributed by atoms with Crippen LogP contribution in [-0.2, 0) is 14.4 Å². The summed E-state index contributed by atoms with van der Waals surface area (Å²) in [5, 5.41) is 1.84. The van der Waals surface area contributed by atoms with Gasteiger partial charge in [0.1, 0.15) is 6.17 Å². The van der Waals surface area contributed by atoms with Crippen LogP contribution in [-0.4, -0.2) is 42.0 Å². The summed E-state index contributed by atoms with van der Waals surface area (Å²) in [6.45, 7) is 0. The fraction of sp³-hybridized carbons (Fsp3) is 0.300. The number of para-hydroxylation sites is 1. The van der Waals surface area contributed by atoms with Crippen molar-refractivity contribution in [2.24, 2.45) is 5.92 Å². The van der Waals surface area contributed by atoms with E-state index < -0.39 is 12.0 Å². The van der Waals surface area contributed by atoms with Gasteiger partial charge >= 0.3 is 0 Å². The number of benzene rings is 2. The van der Waals surface area contributed by atoms with Crippen molar-refractivity contribution in [2.75, 3.05) is 19.0 Å². The maximum atomic E-state index is 12.8. The molecule has 0 radical (unpaired) electrons. The molecule has 3 aliphatic rings. The van der Waals surface area contributed by atoms with Gasteiger partial charge in [-0.25, -0.2) is 0 Å². The quantitative estimate of drug-likeness (QED) is 0.738. The Balaban J connectivity index is 1.69. The van der Waals surface area contributed by atoms with Crippen molar-refractivity contribution in [3.63, 3.8) is 0 Å². The van der Waals surface area contributed by atoms with Gasteiger partial charge in [0.25, 0.3) is 5.91 Å². The minimum absolute atomic E-state index is 0.168. The first-order valence-electron chi connectivity index (χ1n) is 8.73. The molecule has 3 heterocycles. The van der Waals surface area contributed by atoms with E-state index in [4.69, 9.17) is 4.84 Å². The predicted octanol–water partition coefficient (Wildman–Crippen LogP) is 2.11. The van der Waals surface area contributed by atoms with Crippen molar-refractivity contribution in [3.05, 3.63) is 65.7 Å². The second-order valence-electron chi connectivity index (χ2n) is 7.05. The van der Waals surface area contributed by atoms with E-state index in [1.165, 1.54) is 11.9 Å². The Bertz CT molecular complexity index is 900. The lowest BCUT2D eigenvalue weighted by atomic mass is 9.87. The zero-order chi connectivity index (χ0) is 18.0. The lowest BCUT2D eigenvalue weighted by Crippen LogP contribution is -2.46. The molecule has 26 heavy (non-hydrogen) atoms. The van der Waals surface area contributed by atoms with Gasteiger partial charge in [-0.2, -0.15) is 5.06 Å². The summed E-state index contributed by atoms with van der Waals surface area (Å²) in [7, 11) is 3.55. The molecule has 0 spiro atoms. The minimum atomic E-state index is -0.747. The van der Waals surface area contributed by atoms with Gasteiger partial charge < -0.3 is 4.90 Å². The Labute approximate surface area is 151 Å². The lowest BCUT2D eigenvalue weighted by Gasteiger charge is -2.45. The van der Waals surface area contributed by atoms with E-state index in [2.05, 4.69) is 11.0 Å². The first kappa shape index (κ1) is 15.5. The van der Waals surface area contributed by atoms with Crippen LogP contribution in [0.4, 0.5) is 5.69 Å². The number of amides is 2. The zero-order valence-corrected chi connectivity index (χ0v) is 14.6. The maximum absolute atomic E-state index is 12.8. The summed E-state index contributed by atoms with van der Waals surface area (Å²) < 4.78 is 0. The summed E-state index contributed by atoms with van der Waals surface area (Å²) >= 11 is 0. The number of carbonyl (C=O) groups excluding carboxylic acids is 2. The highest BCUT2D eigenvalue weighted by atomic mass is 16.7. The normalized spacial score (nSPS) is 30.4. The summed E-state index contributed by atoms with van der Waals surface area (Å²) in [6.07, 6.45) is -0.948. The van der Waals surface area contributed by atoms with Gasteiger partial charge in [0.15, 0.2) is 6.10 Å². The molecule has 5 rings (SSSR count). The van der Waals surface area contributed by atoms with Crippen molar-refractivity contribution in [1.29, 1.82) is 0 Å². The number of nitrogens with zero attached hydrogens (tertiary/aromatic N) is 3. The van der Waals surface area contributed by atoms with E-state index >= 15 is 0 Å². The molecule has 2 aromatic carbocycles. The molecule has 0 unspecified atom stereocenters. The fourth-order valence-corrected chi connectivity index (χ4v) is 4.47. The Morgan fingerprint density at radius 3 is 2.35 bits per heavy atom. The first-order valence-corrected chi connectivity index (χ1v) is 8.73. The van der Waals surface area contributed by atoms with E-state index in [9.17, 15) is 9.59 Å². The number of carbonyl (C=O) groups is 2. The van der Waals surface area contributed by atoms with Crippen molar-refractivity contribution in [1.82, 2.24) is 9.96 Å². The van der Waals surface area contributed by atoms with Crippen LogP contribution >= 0.6 is 0 Å². The Morgan fingerprint density at radius 1 is 0.885 bits per heavy atom. The number of hydrogen-bond donors (Lipinski definition) is 0. The molecule has 132 valence electrons. The number of hydrogen-bond acceptors (Lipinski definition) is 5. The van der Waals surface area contributed by atoms with Gasteiger partial charge in [-0.05, 0) is 17.2 Å². The number of likely N-dealkylation sites (N-methyl/N-ethyl adjacent to an activating group) is 1. The molecule has 0 aromatic heterocycles. The highest BCUT2D eigenvalue weighted by molar-refractivity contribution is 6.07. The predicted molar refractivity (Wildman–Crippen MR) is 94.7 cm³/mol. The van der Waals surface area contributed by atoms with E-state index in [0.717, 1.165) is 16.8 Å². The van der Waals surface area contributed by atoms with E-state index in [1.54, 1.807) is 0 Å². The third kappa shape index (κ3) is 1.88. The van der Waals surface area contributed by atoms with E-state index in [1.807, 2.05) is 60.6 Å². The van der Waals surface area contributed by atoms with Gasteiger partial charge in [0.2, 0.25) is 5.91 Å². The SMILES string of the molecule is CN1C(=O)[C@H]2[C@H](ON3[C@H](c4ccccc4)N(C)c4ccccc4[C@@H]23)C1=O. The van der Waals surface area contributed by atoms with E-state index in [-0.39, 0.29) is 24.0 Å². The van der Waals surface area contributed by atoms with Gasteiger partial charge in [0.05, 0.1) is 12.0 Å². The molecule has 0 N–H and O–H groups in total. The van der Waals surface area contributed by atoms with E-state index in [0.29, 0.717) is 0 Å². The number of fused-ring (bicyclic) bond motifs is 5. The van der Waals surface area contributed by atoms with Crippen LogP contribution < -0.4 is 4.90 Å². The smallest absolute Gasteiger partial charge is 0.261 e. The van der Waals surface area contributed by atoms with Crippen LogP contribution in [0.3, 0.4) is 0 Å². The Morgan fingerprint density at radius 2 is 1.58 bits per heavy atom. The lowest BCUT2D eigenvalue weighted by molar-refractivity contribution is -0.200.